The molecule has 82 valence electrons. The topological polar surface area (TPSA) is 3.24 Å². The summed E-state index contributed by atoms with van der Waals surface area (Å²) >= 11 is 0. The minimum Gasteiger partial charge on any atom is -0.297 e. The van der Waals surface area contributed by atoms with Crippen LogP contribution < -0.4 is 0 Å². The Morgan fingerprint density at radius 2 is 2.14 bits per heavy atom. The molecule has 1 rings (SSSR count). The number of unbranched alkanes of at least 4 members (excludes halogenated alkanes) is 2. The molecule has 1 aliphatic heterocycles. The molecule has 0 bridgehead atoms. The van der Waals surface area contributed by atoms with Crippen molar-refractivity contribution >= 4 is 0 Å². The molecule has 1 unspecified atom stereocenters. The van der Waals surface area contributed by atoms with Crippen LogP contribution in [0.3, 0.4) is 0 Å². The van der Waals surface area contributed by atoms with Crippen molar-refractivity contribution in [3.8, 4) is 0 Å². The van der Waals surface area contributed by atoms with Gasteiger partial charge in [-0.25, -0.2) is 0 Å². The molecule has 1 saturated heterocycles. The average Bonchev–Trinajstić information content (AvgIpc) is 2.20. The molecule has 14 heavy (non-hydrogen) atoms. The molecule has 1 fully saturated rings. The van der Waals surface area contributed by atoms with Crippen molar-refractivity contribution < 1.29 is 0 Å². The monoisotopic (exact) mass is 195 g/mol. The quantitative estimate of drug-likeness (QED) is 0.478. The van der Waals surface area contributed by atoms with Crippen LogP contribution in [0, 0.1) is 0 Å². The third-order valence-electron chi connectivity index (χ3n) is 3.17. The fraction of sp³-hybridized carbons (Fsp3) is 0.846. The van der Waals surface area contributed by atoms with Crippen LogP contribution in [0.1, 0.15) is 52.4 Å². The van der Waals surface area contributed by atoms with Crippen LogP contribution in [0.15, 0.2) is 12.2 Å². The van der Waals surface area contributed by atoms with E-state index in [4.69, 9.17) is 0 Å². The van der Waals surface area contributed by atoms with Gasteiger partial charge in [0.1, 0.15) is 0 Å². The Kier molecular flexibility index (Phi) is 5.93. The van der Waals surface area contributed by atoms with E-state index in [9.17, 15) is 0 Å². The van der Waals surface area contributed by atoms with E-state index >= 15 is 0 Å². The summed E-state index contributed by atoms with van der Waals surface area (Å²) in [6.45, 7) is 7.09. The molecule has 0 amide bonds. The highest BCUT2D eigenvalue weighted by Crippen LogP contribution is 2.15. The van der Waals surface area contributed by atoms with Gasteiger partial charge in [0.15, 0.2) is 0 Å². The van der Waals surface area contributed by atoms with E-state index in [1.54, 1.807) is 0 Å². The van der Waals surface area contributed by atoms with Crippen molar-refractivity contribution in [2.45, 2.75) is 58.4 Å². The molecule has 1 heterocycles. The Hall–Kier alpha value is -0.300. The number of piperidine rings is 1. The van der Waals surface area contributed by atoms with Crippen LogP contribution in [-0.4, -0.2) is 24.0 Å². The van der Waals surface area contributed by atoms with Crippen molar-refractivity contribution in [1.29, 1.82) is 0 Å². The minimum absolute atomic E-state index is 0.805. The first-order valence-electron chi connectivity index (χ1n) is 6.23. The predicted octanol–water partition coefficient (Wildman–Crippen LogP) is 3.61. The van der Waals surface area contributed by atoms with Gasteiger partial charge in [0.2, 0.25) is 0 Å². The maximum absolute atomic E-state index is 2.60. The molecule has 0 aliphatic carbocycles. The Bertz CT molecular complexity index is 163. The van der Waals surface area contributed by atoms with Gasteiger partial charge in [-0.3, -0.25) is 4.90 Å². The maximum Gasteiger partial charge on any atom is 0.0166 e. The first-order chi connectivity index (χ1) is 6.84. The SMILES string of the molecule is CCCC/C=C/CN1CCCCC1C. The molecule has 0 spiro atoms. The third kappa shape index (κ3) is 4.28. The van der Waals surface area contributed by atoms with E-state index in [0.717, 1.165) is 6.04 Å². The maximum atomic E-state index is 2.60. The summed E-state index contributed by atoms with van der Waals surface area (Å²) in [5.74, 6) is 0. The third-order valence-corrected chi connectivity index (χ3v) is 3.17. The fourth-order valence-corrected chi connectivity index (χ4v) is 2.08. The summed E-state index contributed by atoms with van der Waals surface area (Å²) in [5.41, 5.74) is 0. The predicted molar refractivity (Wildman–Crippen MR) is 63.6 cm³/mol. The molecular formula is C13H25N. The zero-order valence-electron chi connectivity index (χ0n) is 9.84. The molecule has 1 atom stereocenters. The Balaban J connectivity index is 2.12. The number of hydrogen-bond donors (Lipinski definition) is 0. The largest absolute Gasteiger partial charge is 0.297 e. The summed E-state index contributed by atoms with van der Waals surface area (Å²) in [4.78, 5) is 2.60. The lowest BCUT2D eigenvalue weighted by Gasteiger charge is -2.32. The Labute approximate surface area is 89.2 Å². The second-order valence-corrected chi connectivity index (χ2v) is 4.45. The van der Waals surface area contributed by atoms with E-state index in [-0.39, 0.29) is 0 Å². The van der Waals surface area contributed by atoms with Crippen molar-refractivity contribution in [2.24, 2.45) is 0 Å². The molecule has 0 N–H and O–H groups in total. The van der Waals surface area contributed by atoms with E-state index in [1.807, 2.05) is 0 Å². The Morgan fingerprint density at radius 3 is 2.86 bits per heavy atom. The zero-order valence-corrected chi connectivity index (χ0v) is 9.84. The number of likely N-dealkylation sites (tertiary alicyclic amines) is 1. The highest BCUT2D eigenvalue weighted by Gasteiger charge is 2.15. The van der Waals surface area contributed by atoms with Crippen molar-refractivity contribution in [1.82, 2.24) is 4.90 Å². The standard InChI is InChI=1S/C13H25N/c1-3-4-5-6-8-11-14-12-9-7-10-13(14)2/h6,8,13H,3-5,7,9-12H2,1-2H3/b8-6+. The van der Waals surface area contributed by atoms with Gasteiger partial charge in [-0.15, -0.1) is 0 Å². The van der Waals surface area contributed by atoms with Crippen molar-refractivity contribution in [3.63, 3.8) is 0 Å². The van der Waals surface area contributed by atoms with E-state index in [0.29, 0.717) is 0 Å². The van der Waals surface area contributed by atoms with Crippen LogP contribution in [-0.2, 0) is 0 Å². The smallest absolute Gasteiger partial charge is 0.0166 e. The molecule has 1 nitrogen and oxygen atoms in total. The molecule has 0 saturated carbocycles. The molecular weight excluding hydrogens is 170 g/mol. The van der Waals surface area contributed by atoms with Gasteiger partial charge >= 0.3 is 0 Å². The van der Waals surface area contributed by atoms with E-state index in [2.05, 4.69) is 30.9 Å². The minimum atomic E-state index is 0.805. The molecule has 1 aliphatic rings. The normalized spacial score (nSPS) is 24.6. The van der Waals surface area contributed by atoms with Crippen LogP contribution >= 0.6 is 0 Å². The lowest BCUT2D eigenvalue weighted by atomic mass is 10.0. The van der Waals surface area contributed by atoms with Gasteiger partial charge < -0.3 is 0 Å². The summed E-state index contributed by atoms with van der Waals surface area (Å²) in [6.07, 6.45) is 12.8. The van der Waals surface area contributed by atoms with Crippen molar-refractivity contribution in [2.75, 3.05) is 13.1 Å². The van der Waals surface area contributed by atoms with Crippen LogP contribution in [0.4, 0.5) is 0 Å². The van der Waals surface area contributed by atoms with E-state index in [1.165, 1.54) is 51.6 Å². The van der Waals surface area contributed by atoms with Gasteiger partial charge in [-0.05, 0) is 32.7 Å². The molecule has 0 aromatic heterocycles. The highest BCUT2D eigenvalue weighted by molar-refractivity contribution is 4.87. The highest BCUT2D eigenvalue weighted by atomic mass is 15.1. The first kappa shape index (κ1) is 11.8. The second-order valence-electron chi connectivity index (χ2n) is 4.45. The van der Waals surface area contributed by atoms with Crippen molar-refractivity contribution in [3.05, 3.63) is 12.2 Å². The van der Waals surface area contributed by atoms with Crippen LogP contribution in [0.5, 0.6) is 0 Å². The average molecular weight is 195 g/mol. The second kappa shape index (κ2) is 7.05. The van der Waals surface area contributed by atoms with E-state index < -0.39 is 0 Å². The fourth-order valence-electron chi connectivity index (χ4n) is 2.08. The molecule has 0 aromatic carbocycles. The lowest BCUT2D eigenvalue weighted by Crippen LogP contribution is -2.37. The first-order valence-corrected chi connectivity index (χ1v) is 6.23. The molecule has 0 aromatic rings. The van der Waals surface area contributed by atoms with Gasteiger partial charge in [0, 0.05) is 12.6 Å². The van der Waals surface area contributed by atoms with Gasteiger partial charge in [0.25, 0.3) is 0 Å². The van der Waals surface area contributed by atoms with Crippen LogP contribution in [0.2, 0.25) is 0 Å². The molecule has 1 heteroatoms. The number of nitrogens with zero attached hydrogens (tertiary/aromatic N) is 1. The van der Waals surface area contributed by atoms with Gasteiger partial charge in [-0.2, -0.15) is 0 Å². The number of hydrogen-bond acceptors (Lipinski definition) is 1. The number of allylic oxidation sites excluding steroid dienone is 1. The van der Waals surface area contributed by atoms with Gasteiger partial charge in [-0.1, -0.05) is 38.3 Å². The zero-order chi connectivity index (χ0) is 10.2. The summed E-state index contributed by atoms with van der Waals surface area (Å²) in [6, 6.07) is 0.805. The Morgan fingerprint density at radius 1 is 1.29 bits per heavy atom. The lowest BCUT2D eigenvalue weighted by molar-refractivity contribution is 0.179. The summed E-state index contributed by atoms with van der Waals surface area (Å²) in [7, 11) is 0. The van der Waals surface area contributed by atoms with Crippen LogP contribution in [0.25, 0.3) is 0 Å². The summed E-state index contributed by atoms with van der Waals surface area (Å²) < 4.78 is 0. The number of rotatable bonds is 5. The molecule has 0 radical (unpaired) electrons. The summed E-state index contributed by atoms with van der Waals surface area (Å²) in [5, 5.41) is 0. The van der Waals surface area contributed by atoms with Gasteiger partial charge in [0.05, 0.1) is 0 Å².